The first kappa shape index (κ1) is 8.63. The third-order valence-electron chi connectivity index (χ3n) is 2.16. The first-order valence-corrected chi connectivity index (χ1v) is 5.00. The number of halogens is 1. The van der Waals surface area contributed by atoms with Crippen LogP contribution in [0.3, 0.4) is 0 Å². The molecule has 1 aromatic carbocycles. The summed E-state index contributed by atoms with van der Waals surface area (Å²) >= 11 is 3.43. The number of hydrogen-bond acceptors (Lipinski definition) is 1. The van der Waals surface area contributed by atoms with Crippen molar-refractivity contribution in [1.82, 2.24) is 4.98 Å². The molecule has 0 radical (unpaired) electrons. The quantitative estimate of drug-likeness (QED) is 0.788. The Morgan fingerprint density at radius 3 is 2.85 bits per heavy atom. The van der Waals surface area contributed by atoms with Crippen LogP contribution in [0.5, 0.6) is 5.75 Å². The van der Waals surface area contributed by atoms with Crippen molar-refractivity contribution in [3.05, 3.63) is 28.4 Å². The van der Waals surface area contributed by atoms with E-state index in [9.17, 15) is 5.11 Å². The van der Waals surface area contributed by atoms with Crippen molar-refractivity contribution in [3.8, 4) is 5.75 Å². The molecule has 0 saturated heterocycles. The second-order valence-electron chi connectivity index (χ2n) is 3.00. The van der Waals surface area contributed by atoms with Crippen LogP contribution in [0, 0.1) is 0 Å². The Hall–Kier alpha value is -0.960. The number of aromatic hydroxyl groups is 1. The number of H-pyrrole nitrogens is 1. The molecule has 68 valence electrons. The fourth-order valence-electron chi connectivity index (χ4n) is 1.42. The second-order valence-corrected chi connectivity index (χ2v) is 3.86. The zero-order valence-electron chi connectivity index (χ0n) is 7.26. The van der Waals surface area contributed by atoms with Crippen molar-refractivity contribution >= 4 is 26.8 Å². The van der Waals surface area contributed by atoms with Gasteiger partial charge in [0, 0.05) is 15.6 Å². The molecule has 0 spiro atoms. The summed E-state index contributed by atoms with van der Waals surface area (Å²) in [5.74, 6) is 0.328. The highest BCUT2D eigenvalue weighted by Crippen LogP contribution is 2.31. The third-order valence-corrected chi connectivity index (χ3v) is 2.82. The van der Waals surface area contributed by atoms with E-state index in [1.54, 1.807) is 6.07 Å². The summed E-state index contributed by atoms with van der Waals surface area (Å²) in [7, 11) is 0. The van der Waals surface area contributed by atoms with Gasteiger partial charge in [0.25, 0.3) is 0 Å². The Labute approximate surface area is 84.7 Å². The molecule has 2 nitrogen and oxygen atoms in total. The molecule has 0 amide bonds. The van der Waals surface area contributed by atoms with E-state index in [1.807, 2.05) is 12.1 Å². The van der Waals surface area contributed by atoms with Crippen LogP contribution in [-0.4, -0.2) is 10.1 Å². The Kier molecular flexibility index (Phi) is 2.04. The molecular weight excluding hydrogens is 230 g/mol. The van der Waals surface area contributed by atoms with E-state index < -0.39 is 0 Å². The van der Waals surface area contributed by atoms with Crippen LogP contribution >= 0.6 is 15.9 Å². The zero-order chi connectivity index (χ0) is 9.42. The molecule has 2 N–H and O–H groups in total. The largest absolute Gasteiger partial charge is 0.507 e. The van der Waals surface area contributed by atoms with Gasteiger partial charge < -0.3 is 10.1 Å². The summed E-state index contributed by atoms with van der Waals surface area (Å²) in [5.41, 5.74) is 2.11. The lowest BCUT2D eigenvalue weighted by atomic mass is 10.2. The highest BCUT2D eigenvalue weighted by molar-refractivity contribution is 9.10. The van der Waals surface area contributed by atoms with Crippen molar-refractivity contribution in [2.45, 2.75) is 13.3 Å². The number of phenols is 1. The SMILES string of the molecule is CCc1cc2c(O)ccc(Br)c2[nH]1. The van der Waals surface area contributed by atoms with E-state index in [4.69, 9.17) is 0 Å². The Bertz CT molecular complexity index is 408. The van der Waals surface area contributed by atoms with E-state index in [-0.39, 0.29) is 0 Å². The third kappa shape index (κ3) is 1.33. The van der Waals surface area contributed by atoms with Crippen molar-refractivity contribution in [1.29, 1.82) is 0 Å². The highest BCUT2D eigenvalue weighted by atomic mass is 79.9. The van der Waals surface area contributed by atoms with Crippen molar-refractivity contribution in [2.24, 2.45) is 0 Å². The molecule has 0 aliphatic carbocycles. The molecule has 0 bridgehead atoms. The standard InChI is InChI=1S/C10H10BrNO/c1-2-6-5-7-9(13)4-3-8(11)10(7)12-6/h3-5,12-13H,2H2,1H3. The van der Waals surface area contributed by atoms with Gasteiger partial charge in [-0.3, -0.25) is 0 Å². The van der Waals surface area contributed by atoms with Crippen molar-refractivity contribution in [2.75, 3.05) is 0 Å². The average molecular weight is 240 g/mol. The molecule has 0 atom stereocenters. The molecule has 13 heavy (non-hydrogen) atoms. The zero-order valence-corrected chi connectivity index (χ0v) is 8.85. The van der Waals surface area contributed by atoms with Crippen LogP contribution in [0.15, 0.2) is 22.7 Å². The molecular formula is C10H10BrNO. The van der Waals surface area contributed by atoms with Crippen LogP contribution in [0.25, 0.3) is 10.9 Å². The Balaban J connectivity index is 2.80. The molecule has 2 aromatic rings. The van der Waals surface area contributed by atoms with Crippen LogP contribution < -0.4 is 0 Å². The van der Waals surface area contributed by atoms with Gasteiger partial charge in [-0.25, -0.2) is 0 Å². The summed E-state index contributed by atoms with van der Waals surface area (Å²) < 4.78 is 0.986. The van der Waals surface area contributed by atoms with Gasteiger partial charge in [-0.05, 0) is 40.5 Å². The van der Waals surface area contributed by atoms with Gasteiger partial charge in [0.15, 0.2) is 0 Å². The number of aromatic nitrogens is 1. The van der Waals surface area contributed by atoms with Gasteiger partial charge in [-0.2, -0.15) is 0 Å². The summed E-state index contributed by atoms with van der Waals surface area (Å²) in [6.07, 6.45) is 0.945. The maximum atomic E-state index is 9.56. The first-order valence-electron chi connectivity index (χ1n) is 4.21. The predicted octanol–water partition coefficient (Wildman–Crippen LogP) is 3.20. The van der Waals surface area contributed by atoms with Crippen LogP contribution in [-0.2, 0) is 6.42 Å². The average Bonchev–Trinajstić information content (AvgIpc) is 2.56. The van der Waals surface area contributed by atoms with E-state index in [1.165, 1.54) is 0 Å². The van der Waals surface area contributed by atoms with Gasteiger partial charge in [0.2, 0.25) is 0 Å². The van der Waals surface area contributed by atoms with Gasteiger partial charge >= 0.3 is 0 Å². The molecule has 0 aliphatic rings. The minimum Gasteiger partial charge on any atom is -0.507 e. The molecule has 0 unspecified atom stereocenters. The normalized spacial score (nSPS) is 10.9. The summed E-state index contributed by atoms with van der Waals surface area (Å²) in [6.45, 7) is 2.08. The molecule has 1 heterocycles. The van der Waals surface area contributed by atoms with Crippen molar-refractivity contribution in [3.63, 3.8) is 0 Å². The van der Waals surface area contributed by atoms with Crippen molar-refractivity contribution < 1.29 is 5.11 Å². The summed E-state index contributed by atoms with van der Waals surface area (Å²) in [5, 5.41) is 10.4. The number of phenolic OH excluding ortho intramolecular Hbond substituents is 1. The summed E-state index contributed by atoms with van der Waals surface area (Å²) in [4.78, 5) is 3.25. The molecule has 0 fully saturated rings. The number of aryl methyl sites for hydroxylation is 1. The number of rotatable bonds is 1. The van der Waals surface area contributed by atoms with E-state index in [0.717, 1.165) is 27.5 Å². The predicted molar refractivity (Wildman–Crippen MR) is 57.0 cm³/mol. The minimum absolute atomic E-state index is 0.328. The number of aromatic amines is 1. The smallest absolute Gasteiger partial charge is 0.125 e. The molecule has 2 rings (SSSR count). The maximum Gasteiger partial charge on any atom is 0.125 e. The fraction of sp³-hybridized carbons (Fsp3) is 0.200. The van der Waals surface area contributed by atoms with Crippen LogP contribution in [0.2, 0.25) is 0 Å². The van der Waals surface area contributed by atoms with Gasteiger partial charge in [0.1, 0.15) is 5.75 Å². The lowest BCUT2D eigenvalue weighted by molar-refractivity contribution is 0.481. The summed E-state index contributed by atoms with van der Waals surface area (Å²) in [6, 6.07) is 5.52. The number of hydrogen-bond donors (Lipinski definition) is 2. The Morgan fingerprint density at radius 1 is 1.46 bits per heavy atom. The highest BCUT2D eigenvalue weighted by Gasteiger charge is 2.06. The molecule has 3 heteroatoms. The van der Waals surface area contributed by atoms with Gasteiger partial charge in [-0.15, -0.1) is 0 Å². The number of fused-ring (bicyclic) bond motifs is 1. The van der Waals surface area contributed by atoms with Crippen LogP contribution in [0.1, 0.15) is 12.6 Å². The first-order chi connectivity index (χ1) is 6.22. The van der Waals surface area contributed by atoms with E-state index in [0.29, 0.717) is 5.75 Å². The lowest BCUT2D eigenvalue weighted by Crippen LogP contribution is -1.76. The Morgan fingerprint density at radius 2 is 2.23 bits per heavy atom. The lowest BCUT2D eigenvalue weighted by Gasteiger charge is -1.95. The minimum atomic E-state index is 0.328. The second kappa shape index (κ2) is 3.07. The van der Waals surface area contributed by atoms with Gasteiger partial charge in [-0.1, -0.05) is 6.92 Å². The monoisotopic (exact) mass is 239 g/mol. The van der Waals surface area contributed by atoms with Crippen LogP contribution in [0.4, 0.5) is 0 Å². The number of nitrogens with one attached hydrogen (secondary N) is 1. The van der Waals surface area contributed by atoms with E-state index in [2.05, 4.69) is 27.8 Å². The molecule has 0 aliphatic heterocycles. The van der Waals surface area contributed by atoms with E-state index >= 15 is 0 Å². The maximum absolute atomic E-state index is 9.56. The fourth-order valence-corrected chi connectivity index (χ4v) is 1.86. The number of benzene rings is 1. The topological polar surface area (TPSA) is 36.0 Å². The molecule has 0 saturated carbocycles. The van der Waals surface area contributed by atoms with Gasteiger partial charge in [0.05, 0.1) is 5.52 Å². The molecule has 1 aromatic heterocycles.